The van der Waals surface area contributed by atoms with Crippen molar-refractivity contribution < 1.29 is 18.6 Å². The molecule has 0 N–H and O–H groups in total. The van der Waals surface area contributed by atoms with Crippen LogP contribution in [0.5, 0.6) is 5.75 Å². The van der Waals surface area contributed by atoms with E-state index in [0.717, 1.165) is 5.56 Å². The molecule has 0 aliphatic rings. The van der Waals surface area contributed by atoms with E-state index in [-0.39, 0.29) is 12.4 Å². The van der Waals surface area contributed by atoms with Crippen LogP contribution in [0.4, 0.5) is 4.39 Å². The fraction of sp³-hybridized carbons (Fsp3) is 0.538. The van der Waals surface area contributed by atoms with Crippen molar-refractivity contribution in [1.29, 1.82) is 0 Å². The van der Waals surface area contributed by atoms with Gasteiger partial charge in [0.25, 0.3) is 0 Å². The highest BCUT2D eigenvalue weighted by molar-refractivity contribution is 5.32. The van der Waals surface area contributed by atoms with Gasteiger partial charge in [-0.25, -0.2) is 4.39 Å². The molecule has 0 saturated carbocycles. The summed E-state index contributed by atoms with van der Waals surface area (Å²) >= 11 is 0. The summed E-state index contributed by atoms with van der Waals surface area (Å²) in [4.78, 5) is 0. The maximum Gasteiger partial charge on any atom is 0.191 e. The fourth-order valence-corrected chi connectivity index (χ4v) is 1.40. The smallest absolute Gasteiger partial charge is 0.191 e. The predicted octanol–water partition coefficient (Wildman–Crippen LogP) is 2.91. The number of rotatable bonds is 7. The zero-order valence-electron chi connectivity index (χ0n) is 10.5. The molecule has 0 radical (unpaired) electrons. The number of ether oxygens (including phenoxy) is 3. The second-order valence-corrected chi connectivity index (χ2v) is 3.56. The van der Waals surface area contributed by atoms with Crippen molar-refractivity contribution in [1.82, 2.24) is 0 Å². The Kier molecular flexibility index (Phi) is 5.94. The van der Waals surface area contributed by atoms with Crippen molar-refractivity contribution >= 4 is 0 Å². The molecule has 0 amide bonds. The molecule has 1 aromatic rings. The Hall–Kier alpha value is -1.13. The first-order valence-electron chi connectivity index (χ1n) is 5.79. The van der Waals surface area contributed by atoms with Gasteiger partial charge in [-0.15, -0.1) is 0 Å². The number of benzene rings is 1. The third-order valence-electron chi connectivity index (χ3n) is 2.23. The van der Waals surface area contributed by atoms with Crippen molar-refractivity contribution in [2.24, 2.45) is 0 Å². The largest absolute Gasteiger partial charge is 0.488 e. The molecule has 0 unspecified atom stereocenters. The number of hydrogen-bond donors (Lipinski definition) is 0. The van der Waals surface area contributed by atoms with Gasteiger partial charge in [-0.05, 0) is 32.4 Å². The van der Waals surface area contributed by atoms with Gasteiger partial charge in [0, 0.05) is 19.3 Å². The summed E-state index contributed by atoms with van der Waals surface area (Å²) in [6, 6.07) is 4.45. The van der Waals surface area contributed by atoms with Crippen LogP contribution < -0.4 is 4.74 Å². The highest BCUT2D eigenvalue weighted by Gasteiger charge is 2.10. The molecular weight excluding hydrogens is 223 g/mol. The quantitative estimate of drug-likeness (QED) is 0.688. The molecule has 0 aliphatic carbocycles. The minimum absolute atomic E-state index is 0.256. The maximum absolute atomic E-state index is 13.0. The monoisotopic (exact) mass is 242 g/mol. The van der Waals surface area contributed by atoms with Crippen LogP contribution in [0.15, 0.2) is 18.2 Å². The first kappa shape index (κ1) is 13.9. The lowest BCUT2D eigenvalue weighted by Gasteiger charge is -2.18. The van der Waals surface area contributed by atoms with Crippen molar-refractivity contribution in [3.63, 3.8) is 0 Å². The van der Waals surface area contributed by atoms with Gasteiger partial charge in [0.05, 0.1) is 0 Å². The van der Waals surface area contributed by atoms with Crippen LogP contribution >= 0.6 is 0 Å². The summed E-state index contributed by atoms with van der Waals surface area (Å²) in [7, 11) is 0. The molecule has 0 aromatic heterocycles. The van der Waals surface area contributed by atoms with E-state index in [1.807, 2.05) is 20.8 Å². The lowest BCUT2D eigenvalue weighted by atomic mass is 10.2. The highest BCUT2D eigenvalue weighted by atomic mass is 19.1. The molecule has 0 aliphatic heterocycles. The van der Waals surface area contributed by atoms with Gasteiger partial charge in [-0.1, -0.05) is 6.07 Å². The van der Waals surface area contributed by atoms with Crippen LogP contribution in [0.2, 0.25) is 0 Å². The van der Waals surface area contributed by atoms with Gasteiger partial charge in [-0.2, -0.15) is 0 Å². The molecule has 3 nitrogen and oxygen atoms in total. The van der Waals surface area contributed by atoms with E-state index >= 15 is 0 Å². The van der Waals surface area contributed by atoms with Gasteiger partial charge in [0.2, 0.25) is 0 Å². The van der Waals surface area contributed by atoms with Gasteiger partial charge in [0.15, 0.2) is 6.29 Å². The molecule has 0 bridgehead atoms. The summed E-state index contributed by atoms with van der Waals surface area (Å²) < 4.78 is 29.2. The Balaban J connectivity index is 2.55. The van der Waals surface area contributed by atoms with Crippen LogP contribution in [0.3, 0.4) is 0 Å². The predicted molar refractivity (Wildman–Crippen MR) is 63.7 cm³/mol. The molecule has 1 aromatic carbocycles. The van der Waals surface area contributed by atoms with E-state index < -0.39 is 6.29 Å². The molecule has 0 fully saturated rings. The third-order valence-corrected chi connectivity index (χ3v) is 2.23. The molecule has 17 heavy (non-hydrogen) atoms. The standard InChI is InChI=1S/C13H19FO3/c1-4-15-13(16-5-2)9-17-12-8-11(14)7-6-10(12)3/h6-8,13H,4-5,9H2,1-3H3. The van der Waals surface area contributed by atoms with Gasteiger partial charge in [-0.3, -0.25) is 0 Å². The molecule has 1 rings (SSSR count). The lowest BCUT2D eigenvalue weighted by molar-refractivity contribution is -0.152. The Morgan fingerprint density at radius 1 is 1.18 bits per heavy atom. The SMILES string of the molecule is CCOC(COc1cc(F)ccc1C)OCC. The molecule has 4 heteroatoms. The van der Waals surface area contributed by atoms with Crippen molar-refractivity contribution in [3.8, 4) is 5.75 Å². The molecule has 0 heterocycles. The number of aryl methyl sites for hydroxylation is 1. The molecule has 96 valence electrons. The van der Waals surface area contributed by atoms with Gasteiger partial charge >= 0.3 is 0 Å². The Morgan fingerprint density at radius 2 is 1.82 bits per heavy atom. The summed E-state index contributed by atoms with van der Waals surface area (Å²) in [5, 5.41) is 0. The Labute approximate surface area is 101 Å². The van der Waals surface area contributed by atoms with E-state index in [1.54, 1.807) is 6.07 Å². The van der Waals surface area contributed by atoms with Crippen LogP contribution in [0.1, 0.15) is 19.4 Å². The van der Waals surface area contributed by atoms with Gasteiger partial charge < -0.3 is 14.2 Å². The number of hydrogen-bond acceptors (Lipinski definition) is 3. The number of halogens is 1. The zero-order valence-corrected chi connectivity index (χ0v) is 10.5. The highest BCUT2D eigenvalue weighted by Crippen LogP contribution is 2.19. The van der Waals surface area contributed by atoms with Crippen LogP contribution in [-0.4, -0.2) is 26.1 Å². The second-order valence-electron chi connectivity index (χ2n) is 3.56. The normalized spacial score (nSPS) is 10.9. The van der Waals surface area contributed by atoms with Crippen molar-refractivity contribution in [2.45, 2.75) is 27.1 Å². The first-order valence-corrected chi connectivity index (χ1v) is 5.79. The zero-order chi connectivity index (χ0) is 12.7. The Bertz CT molecular complexity index is 335. The van der Waals surface area contributed by atoms with Crippen LogP contribution in [-0.2, 0) is 9.47 Å². The average molecular weight is 242 g/mol. The lowest BCUT2D eigenvalue weighted by Crippen LogP contribution is -2.25. The van der Waals surface area contributed by atoms with E-state index in [9.17, 15) is 4.39 Å². The van der Waals surface area contributed by atoms with E-state index in [4.69, 9.17) is 14.2 Å². The molecular formula is C13H19FO3. The summed E-state index contributed by atoms with van der Waals surface area (Å²) in [5.74, 6) is 0.212. The van der Waals surface area contributed by atoms with Gasteiger partial charge in [0.1, 0.15) is 18.2 Å². The minimum Gasteiger partial charge on any atom is -0.488 e. The fourth-order valence-electron chi connectivity index (χ4n) is 1.40. The molecule has 0 spiro atoms. The maximum atomic E-state index is 13.0. The topological polar surface area (TPSA) is 27.7 Å². The molecule has 0 atom stereocenters. The second kappa shape index (κ2) is 7.25. The third kappa shape index (κ3) is 4.71. The van der Waals surface area contributed by atoms with E-state index in [1.165, 1.54) is 12.1 Å². The van der Waals surface area contributed by atoms with E-state index in [0.29, 0.717) is 19.0 Å². The van der Waals surface area contributed by atoms with Crippen molar-refractivity contribution in [3.05, 3.63) is 29.6 Å². The van der Waals surface area contributed by atoms with Crippen LogP contribution in [0, 0.1) is 12.7 Å². The summed E-state index contributed by atoms with van der Waals surface area (Å²) in [5.41, 5.74) is 0.887. The van der Waals surface area contributed by atoms with E-state index in [2.05, 4.69) is 0 Å². The Morgan fingerprint density at radius 3 is 2.41 bits per heavy atom. The van der Waals surface area contributed by atoms with Crippen LogP contribution in [0.25, 0.3) is 0 Å². The summed E-state index contributed by atoms with van der Waals surface area (Å²) in [6.07, 6.45) is -0.410. The first-order chi connectivity index (χ1) is 8.17. The summed E-state index contributed by atoms with van der Waals surface area (Å²) in [6.45, 7) is 7.00. The average Bonchev–Trinajstić information content (AvgIpc) is 2.30. The van der Waals surface area contributed by atoms with Crippen molar-refractivity contribution in [2.75, 3.05) is 19.8 Å². The molecule has 0 saturated heterocycles. The minimum atomic E-state index is -0.410.